The number of benzene rings is 1. The molecule has 1 heterocycles. The van der Waals surface area contributed by atoms with Crippen molar-refractivity contribution >= 4 is 27.8 Å². The second-order valence-electron chi connectivity index (χ2n) is 4.47. The standard InChI is InChI=1S/C12H10F3NO4S.C2H6/c1-21(19,20)16-9-5-3-2-4-7(9)6-8(11(17)18)10(16)12(13,14)15;1-2/h2-6,10H,1H3,(H,17,18);1-2H3/t10-;/m0./s1. The predicted molar refractivity (Wildman–Crippen MR) is 80.6 cm³/mol. The zero-order valence-electron chi connectivity index (χ0n) is 12.6. The average molecular weight is 351 g/mol. The number of carboxylic acids is 1. The van der Waals surface area contributed by atoms with Crippen molar-refractivity contribution in [1.82, 2.24) is 0 Å². The Kier molecular flexibility index (Phi) is 5.47. The number of hydrogen-bond donors (Lipinski definition) is 1. The molecule has 128 valence electrons. The van der Waals surface area contributed by atoms with Crippen LogP contribution in [0.1, 0.15) is 19.4 Å². The molecule has 0 amide bonds. The van der Waals surface area contributed by atoms with Crippen LogP contribution in [0.4, 0.5) is 18.9 Å². The monoisotopic (exact) mass is 351 g/mol. The molecule has 1 atom stereocenters. The molecule has 1 aliphatic heterocycles. The number of fused-ring (bicyclic) bond motifs is 1. The molecule has 0 unspecified atom stereocenters. The summed E-state index contributed by atoms with van der Waals surface area (Å²) in [6, 6.07) is 2.65. The number of hydrogen-bond acceptors (Lipinski definition) is 3. The number of halogens is 3. The molecule has 0 saturated carbocycles. The molecule has 23 heavy (non-hydrogen) atoms. The quantitative estimate of drug-likeness (QED) is 0.889. The third-order valence-electron chi connectivity index (χ3n) is 2.93. The summed E-state index contributed by atoms with van der Waals surface area (Å²) >= 11 is 0. The van der Waals surface area contributed by atoms with Crippen molar-refractivity contribution in [2.24, 2.45) is 0 Å². The highest BCUT2D eigenvalue weighted by molar-refractivity contribution is 7.92. The molecule has 0 saturated heterocycles. The second kappa shape index (κ2) is 6.61. The molecule has 2 rings (SSSR count). The van der Waals surface area contributed by atoms with Crippen LogP contribution in [0.5, 0.6) is 0 Å². The largest absolute Gasteiger partial charge is 0.478 e. The minimum Gasteiger partial charge on any atom is -0.478 e. The Hall–Kier alpha value is -2.03. The van der Waals surface area contributed by atoms with Crippen LogP contribution in [0.25, 0.3) is 6.08 Å². The van der Waals surface area contributed by atoms with Crippen molar-refractivity contribution in [1.29, 1.82) is 0 Å². The van der Waals surface area contributed by atoms with Gasteiger partial charge in [0.15, 0.2) is 6.04 Å². The van der Waals surface area contributed by atoms with Gasteiger partial charge in [-0.25, -0.2) is 13.2 Å². The zero-order valence-corrected chi connectivity index (χ0v) is 13.4. The molecule has 5 nitrogen and oxygen atoms in total. The van der Waals surface area contributed by atoms with Gasteiger partial charge in [-0.3, -0.25) is 4.31 Å². The van der Waals surface area contributed by atoms with Crippen LogP contribution < -0.4 is 4.31 Å². The van der Waals surface area contributed by atoms with Gasteiger partial charge in [-0.2, -0.15) is 13.2 Å². The first-order valence-corrected chi connectivity index (χ1v) is 8.48. The summed E-state index contributed by atoms with van der Waals surface area (Å²) in [4.78, 5) is 11.1. The first kappa shape index (κ1) is 19.0. The highest BCUT2D eigenvalue weighted by atomic mass is 32.2. The fourth-order valence-electron chi connectivity index (χ4n) is 2.18. The van der Waals surface area contributed by atoms with E-state index in [9.17, 15) is 26.4 Å². The minimum absolute atomic E-state index is 0.0980. The van der Waals surface area contributed by atoms with Gasteiger partial charge in [-0.15, -0.1) is 0 Å². The van der Waals surface area contributed by atoms with Gasteiger partial charge >= 0.3 is 12.1 Å². The summed E-state index contributed by atoms with van der Waals surface area (Å²) in [6.45, 7) is 4.00. The molecule has 0 aromatic heterocycles. The number of rotatable bonds is 2. The lowest BCUT2D eigenvalue weighted by Crippen LogP contribution is -2.52. The third kappa shape index (κ3) is 3.84. The fourth-order valence-corrected chi connectivity index (χ4v) is 3.32. The maximum atomic E-state index is 13.2. The Balaban J connectivity index is 0.00000127. The van der Waals surface area contributed by atoms with Crippen LogP contribution in [0, 0.1) is 0 Å². The Morgan fingerprint density at radius 1 is 1.22 bits per heavy atom. The summed E-state index contributed by atoms with van der Waals surface area (Å²) in [5, 5.41) is 8.99. The smallest absolute Gasteiger partial charge is 0.414 e. The molecular weight excluding hydrogens is 335 g/mol. The van der Waals surface area contributed by atoms with Crippen molar-refractivity contribution in [3.8, 4) is 0 Å². The molecule has 0 radical (unpaired) electrons. The van der Waals surface area contributed by atoms with E-state index in [0.29, 0.717) is 6.26 Å². The highest BCUT2D eigenvalue weighted by Crippen LogP contribution is 2.41. The molecule has 9 heteroatoms. The van der Waals surface area contributed by atoms with E-state index in [-0.39, 0.29) is 15.6 Å². The van der Waals surface area contributed by atoms with Gasteiger partial charge in [0.1, 0.15) is 0 Å². The fraction of sp³-hybridized carbons (Fsp3) is 0.357. The molecular formula is C14H16F3NO4S. The van der Waals surface area contributed by atoms with Crippen molar-refractivity contribution in [3.63, 3.8) is 0 Å². The molecule has 1 N–H and O–H groups in total. The lowest BCUT2D eigenvalue weighted by atomic mass is 9.97. The number of alkyl halides is 3. The molecule has 0 aliphatic carbocycles. The van der Waals surface area contributed by atoms with Crippen molar-refractivity contribution in [2.75, 3.05) is 10.6 Å². The lowest BCUT2D eigenvalue weighted by Gasteiger charge is -2.36. The Labute approximate surface area is 132 Å². The van der Waals surface area contributed by atoms with Gasteiger partial charge < -0.3 is 5.11 Å². The third-order valence-corrected chi connectivity index (χ3v) is 4.05. The van der Waals surface area contributed by atoms with Gasteiger partial charge in [-0.05, 0) is 17.7 Å². The minimum atomic E-state index is -5.05. The van der Waals surface area contributed by atoms with E-state index in [2.05, 4.69) is 0 Å². The molecule has 1 aliphatic rings. The van der Waals surface area contributed by atoms with Crippen LogP contribution in [-0.4, -0.2) is 38.0 Å². The first-order chi connectivity index (χ1) is 10.5. The van der Waals surface area contributed by atoms with Crippen LogP contribution >= 0.6 is 0 Å². The van der Waals surface area contributed by atoms with Gasteiger partial charge in [0.05, 0.1) is 17.5 Å². The van der Waals surface area contributed by atoms with Gasteiger partial charge in [-0.1, -0.05) is 32.0 Å². The van der Waals surface area contributed by atoms with Crippen molar-refractivity contribution in [3.05, 3.63) is 35.4 Å². The normalized spacial score (nSPS) is 17.6. The van der Waals surface area contributed by atoms with Crippen LogP contribution in [0.2, 0.25) is 0 Å². The van der Waals surface area contributed by atoms with E-state index in [1.807, 2.05) is 13.8 Å². The molecule has 0 fully saturated rings. The molecule has 1 aromatic carbocycles. The van der Waals surface area contributed by atoms with Crippen molar-refractivity contribution < 1.29 is 31.5 Å². The average Bonchev–Trinajstić information content (AvgIpc) is 2.45. The second-order valence-corrected chi connectivity index (χ2v) is 6.33. The number of para-hydroxylation sites is 1. The van der Waals surface area contributed by atoms with E-state index in [4.69, 9.17) is 5.11 Å². The van der Waals surface area contributed by atoms with Gasteiger partial charge in [0.25, 0.3) is 0 Å². The lowest BCUT2D eigenvalue weighted by molar-refractivity contribution is -0.148. The van der Waals surface area contributed by atoms with E-state index >= 15 is 0 Å². The van der Waals surface area contributed by atoms with E-state index in [1.54, 1.807) is 0 Å². The van der Waals surface area contributed by atoms with Crippen LogP contribution in [0.15, 0.2) is 29.8 Å². The van der Waals surface area contributed by atoms with Crippen LogP contribution in [0.3, 0.4) is 0 Å². The van der Waals surface area contributed by atoms with Crippen molar-refractivity contribution in [2.45, 2.75) is 26.1 Å². The van der Waals surface area contributed by atoms with Gasteiger partial charge in [0.2, 0.25) is 10.0 Å². The summed E-state index contributed by atoms with van der Waals surface area (Å²) in [7, 11) is -4.33. The maximum absolute atomic E-state index is 13.2. The number of nitrogens with zero attached hydrogens (tertiary/aromatic N) is 1. The zero-order chi connectivity index (χ0) is 18.0. The van der Waals surface area contributed by atoms with E-state index in [0.717, 1.165) is 6.08 Å². The van der Waals surface area contributed by atoms with Gasteiger partial charge in [0, 0.05) is 0 Å². The molecule has 1 aromatic rings. The Bertz CT molecular complexity index is 726. The number of carboxylic acid groups (broad SMARTS) is 1. The number of carbonyl (C=O) groups is 1. The maximum Gasteiger partial charge on any atom is 0.414 e. The highest BCUT2D eigenvalue weighted by Gasteiger charge is 2.53. The molecule has 0 bridgehead atoms. The number of anilines is 1. The first-order valence-electron chi connectivity index (χ1n) is 6.63. The topological polar surface area (TPSA) is 74.7 Å². The SMILES string of the molecule is CC.CS(=O)(=O)N1c2ccccc2C=C(C(=O)O)[C@H]1C(F)(F)F. The summed E-state index contributed by atoms with van der Waals surface area (Å²) in [6.07, 6.45) is -3.61. The summed E-state index contributed by atoms with van der Waals surface area (Å²) < 4.78 is 63.3. The predicted octanol–water partition coefficient (Wildman–Crippen LogP) is 2.89. The summed E-state index contributed by atoms with van der Waals surface area (Å²) in [5.74, 6) is -1.82. The molecule has 0 spiro atoms. The number of sulfonamides is 1. The Morgan fingerprint density at radius 2 is 1.74 bits per heavy atom. The summed E-state index contributed by atoms with van der Waals surface area (Å²) in [5.41, 5.74) is -1.14. The van der Waals surface area contributed by atoms with E-state index < -0.39 is 33.8 Å². The number of aliphatic carboxylic acids is 1. The Morgan fingerprint density at radius 3 is 2.17 bits per heavy atom. The van der Waals surface area contributed by atoms with E-state index in [1.165, 1.54) is 24.3 Å². The van der Waals surface area contributed by atoms with Crippen LogP contribution in [-0.2, 0) is 14.8 Å².